The molecule has 0 amide bonds. The molecule has 0 saturated heterocycles. The molecule has 0 bridgehead atoms. The summed E-state index contributed by atoms with van der Waals surface area (Å²) in [5.74, 6) is -1.46. The normalized spacial score (nSPS) is 12.4. The Kier molecular flexibility index (Phi) is 4.45. The second-order valence-electron chi connectivity index (χ2n) is 4.89. The van der Waals surface area contributed by atoms with Gasteiger partial charge in [0, 0.05) is 18.7 Å². The maximum absolute atomic E-state index is 13.5. The Bertz CT molecular complexity index is 590. The van der Waals surface area contributed by atoms with Crippen molar-refractivity contribution in [2.24, 2.45) is 0 Å². The molecule has 0 spiro atoms. The van der Waals surface area contributed by atoms with Crippen LogP contribution in [0.3, 0.4) is 0 Å². The largest absolute Gasteiger partial charge is 0.306 e. The number of benzene rings is 2. The summed E-state index contributed by atoms with van der Waals surface area (Å²) in [4.78, 5) is 0. The van der Waals surface area contributed by atoms with E-state index in [9.17, 15) is 13.2 Å². The Balaban J connectivity index is 2.04. The van der Waals surface area contributed by atoms with Gasteiger partial charge in [-0.15, -0.1) is 0 Å². The zero-order chi connectivity index (χ0) is 14.7. The molecule has 0 aliphatic carbocycles. The van der Waals surface area contributed by atoms with E-state index < -0.39 is 11.6 Å². The summed E-state index contributed by atoms with van der Waals surface area (Å²) >= 11 is 0. The van der Waals surface area contributed by atoms with Crippen molar-refractivity contribution in [1.29, 1.82) is 0 Å². The van der Waals surface area contributed by atoms with Crippen LogP contribution in [0.25, 0.3) is 0 Å². The molecule has 20 heavy (non-hydrogen) atoms. The lowest BCUT2D eigenvalue weighted by Gasteiger charge is -2.15. The first kappa shape index (κ1) is 14.6. The first-order valence-corrected chi connectivity index (χ1v) is 6.40. The van der Waals surface area contributed by atoms with Gasteiger partial charge in [-0.25, -0.2) is 13.2 Å². The molecule has 0 aromatic heterocycles. The molecule has 2 rings (SSSR count). The van der Waals surface area contributed by atoms with Gasteiger partial charge in [-0.1, -0.05) is 12.1 Å². The Morgan fingerprint density at radius 2 is 1.65 bits per heavy atom. The predicted molar refractivity (Wildman–Crippen MR) is 72.7 cm³/mol. The third-order valence-electron chi connectivity index (χ3n) is 3.23. The molecule has 2 aromatic rings. The molecule has 4 heteroatoms. The Morgan fingerprint density at radius 1 is 1.00 bits per heavy atom. The van der Waals surface area contributed by atoms with Crippen LogP contribution in [0, 0.1) is 24.4 Å². The number of halogens is 3. The third kappa shape index (κ3) is 3.61. The lowest BCUT2D eigenvalue weighted by molar-refractivity contribution is 0.549. The Labute approximate surface area is 116 Å². The van der Waals surface area contributed by atoms with Crippen molar-refractivity contribution in [1.82, 2.24) is 5.32 Å². The second-order valence-corrected chi connectivity index (χ2v) is 4.89. The highest BCUT2D eigenvalue weighted by atomic mass is 19.1. The first-order chi connectivity index (χ1) is 9.45. The first-order valence-electron chi connectivity index (χ1n) is 6.40. The van der Waals surface area contributed by atoms with E-state index in [4.69, 9.17) is 0 Å². The van der Waals surface area contributed by atoms with Crippen molar-refractivity contribution in [3.8, 4) is 0 Å². The van der Waals surface area contributed by atoms with E-state index in [-0.39, 0.29) is 11.9 Å². The molecule has 0 heterocycles. The van der Waals surface area contributed by atoms with E-state index in [1.54, 1.807) is 13.0 Å². The Morgan fingerprint density at radius 3 is 2.25 bits per heavy atom. The maximum atomic E-state index is 13.5. The summed E-state index contributed by atoms with van der Waals surface area (Å²) in [6, 6.07) is 8.29. The number of nitrogens with one attached hydrogen (secondary N) is 1. The van der Waals surface area contributed by atoms with Crippen LogP contribution in [0.1, 0.15) is 29.7 Å². The number of aryl methyl sites for hydroxylation is 1. The number of rotatable bonds is 4. The maximum Gasteiger partial charge on any atom is 0.126 e. The van der Waals surface area contributed by atoms with Gasteiger partial charge in [-0.3, -0.25) is 0 Å². The van der Waals surface area contributed by atoms with Crippen LogP contribution in [0.2, 0.25) is 0 Å². The molecule has 0 fully saturated rings. The van der Waals surface area contributed by atoms with Gasteiger partial charge in [-0.05, 0) is 48.7 Å². The van der Waals surface area contributed by atoms with Crippen LogP contribution < -0.4 is 5.32 Å². The van der Waals surface area contributed by atoms with Gasteiger partial charge >= 0.3 is 0 Å². The molecule has 2 aromatic carbocycles. The van der Waals surface area contributed by atoms with Crippen LogP contribution >= 0.6 is 0 Å². The van der Waals surface area contributed by atoms with Crippen LogP contribution in [0.4, 0.5) is 13.2 Å². The molecule has 0 radical (unpaired) electrons. The molecule has 106 valence electrons. The van der Waals surface area contributed by atoms with Crippen molar-refractivity contribution in [3.63, 3.8) is 0 Å². The van der Waals surface area contributed by atoms with Gasteiger partial charge in [0.2, 0.25) is 0 Å². The minimum absolute atomic E-state index is 0.114. The van der Waals surface area contributed by atoms with Crippen molar-refractivity contribution in [3.05, 3.63) is 70.5 Å². The lowest BCUT2D eigenvalue weighted by Crippen LogP contribution is -2.18. The van der Waals surface area contributed by atoms with E-state index in [1.165, 1.54) is 18.2 Å². The fraction of sp³-hybridized carbons (Fsp3) is 0.250. The minimum atomic E-state index is -0.601. The van der Waals surface area contributed by atoms with E-state index in [2.05, 4.69) is 5.32 Å². The fourth-order valence-electron chi connectivity index (χ4n) is 1.98. The third-order valence-corrected chi connectivity index (χ3v) is 3.23. The lowest BCUT2D eigenvalue weighted by atomic mass is 10.1. The smallest absolute Gasteiger partial charge is 0.126 e. The van der Waals surface area contributed by atoms with Gasteiger partial charge in [0.25, 0.3) is 0 Å². The highest BCUT2D eigenvalue weighted by molar-refractivity contribution is 5.26. The van der Waals surface area contributed by atoms with Gasteiger partial charge < -0.3 is 5.32 Å². The average molecular weight is 279 g/mol. The SMILES string of the molecule is Cc1ccc(C(C)NCc2cc(F)cc(F)c2)cc1F. The number of hydrogen-bond acceptors (Lipinski definition) is 1. The molecule has 0 saturated carbocycles. The van der Waals surface area contributed by atoms with Crippen LogP contribution in [0.5, 0.6) is 0 Å². The van der Waals surface area contributed by atoms with Crippen LogP contribution in [0.15, 0.2) is 36.4 Å². The van der Waals surface area contributed by atoms with Crippen molar-refractivity contribution in [2.45, 2.75) is 26.4 Å². The van der Waals surface area contributed by atoms with Crippen molar-refractivity contribution in [2.75, 3.05) is 0 Å². The Hall–Kier alpha value is -1.81. The second kappa shape index (κ2) is 6.09. The van der Waals surface area contributed by atoms with Crippen LogP contribution in [-0.4, -0.2) is 0 Å². The summed E-state index contributed by atoms with van der Waals surface area (Å²) in [5, 5.41) is 3.12. The molecular weight excluding hydrogens is 263 g/mol. The summed E-state index contributed by atoms with van der Waals surface area (Å²) in [6.45, 7) is 3.89. The summed E-state index contributed by atoms with van der Waals surface area (Å²) in [6.07, 6.45) is 0. The molecule has 1 atom stereocenters. The topological polar surface area (TPSA) is 12.0 Å². The monoisotopic (exact) mass is 279 g/mol. The summed E-state index contributed by atoms with van der Waals surface area (Å²) in [5.41, 5.74) is 1.90. The zero-order valence-corrected chi connectivity index (χ0v) is 11.4. The average Bonchev–Trinajstić information content (AvgIpc) is 2.38. The standard InChI is InChI=1S/C16H16F3N/c1-10-3-4-13(7-16(10)19)11(2)20-9-12-5-14(17)8-15(18)6-12/h3-8,11,20H,9H2,1-2H3. The van der Waals surface area contributed by atoms with E-state index >= 15 is 0 Å². The zero-order valence-electron chi connectivity index (χ0n) is 11.4. The van der Waals surface area contributed by atoms with Crippen LogP contribution in [-0.2, 0) is 6.54 Å². The fourth-order valence-corrected chi connectivity index (χ4v) is 1.98. The van der Waals surface area contributed by atoms with E-state index in [0.717, 1.165) is 11.6 Å². The summed E-state index contributed by atoms with van der Waals surface area (Å²) in [7, 11) is 0. The highest BCUT2D eigenvalue weighted by Gasteiger charge is 2.08. The molecule has 1 nitrogen and oxygen atoms in total. The molecule has 1 unspecified atom stereocenters. The van der Waals surface area contributed by atoms with E-state index in [1.807, 2.05) is 13.0 Å². The van der Waals surface area contributed by atoms with Crippen molar-refractivity contribution >= 4 is 0 Å². The predicted octanol–water partition coefficient (Wildman–Crippen LogP) is 4.26. The van der Waals surface area contributed by atoms with Gasteiger partial charge in [-0.2, -0.15) is 0 Å². The van der Waals surface area contributed by atoms with Crippen molar-refractivity contribution < 1.29 is 13.2 Å². The minimum Gasteiger partial charge on any atom is -0.306 e. The van der Waals surface area contributed by atoms with E-state index in [0.29, 0.717) is 17.7 Å². The molecule has 0 aliphatic rings. The number of hydrogen-bond donors (Lipinski definition) is 1. The summed E-state index contributed by atoms with van der Waals surface area (Å²) < 4.78 is 39.6. The molecule has 0 aliphatic heterocycles. The molecular formula is C16H16F3N. The van der Waals surface area contributed by atoms with Gasteiger partial charge in [0.1, 0.15) is 17.5 Å². The quantitative estimate of drug-likeness (QED) is 0.881. The van der Waals surface area contributed by atoms with Gasteiger partial charge in [0.05, 0.1) is 0 Å². The molecule has 1 N–H and O–H groups in total. The van der Waals surface area contributed by atoms with Gasteiger partial charge in [0.15, 0.2) is 0 Å². The highest BCUT2D eigenvalue weighted by Crippen LogP contribution is 2.17.